The maximum atomic E-state index is 12.0. The second-order valence-corrected chi connectivity index (χ2v) is 6.12. The molecule has 0 unspecified atom stereocenters. The first kappa shape index (κ1) is 15.2. The van der Waals surface area contributed by atoms with Gasteiger partial charge < -0.3 is 9.88 Å². The summed E-state index contributed by atoms with van der Waals surface area (Å²) in [6.45, 7) is 2.19. The first-order valence-corrected chi connectivity index (χ1v) is 7.80. The molecule has 0 aliphatic heterocycles. The van der Waals surface area contributed by atoms with Crippen molar-refractivity contribution in [1.82, 2.24) is 14.5 Å². The second-order valence-electron chi connectivity index (χ2n) is 5.09. The summed E-state index contributed by atoms with van der Waals surface area (Å²) in [5.41, 5.74) is 0.991. The Morgan fingerprint density at radius 3 is 2.96 bits per heavy atom. The molecule has 1 amide bonds. The normalized spacial score (nSPS) is 10.8. The number of amides is 1. The van der Waals surface area contributed by atoms with Gasteiger partial charge >= 0.3 is 5.69 Å². The van der Waals surface area contributed by atoms with Crippen LogP contribution in [0.2, 0.25) is 0 Å². The van der Waals surface area contributed by atoms with Gasteiger partial charge in [0.15, 0.2) is 5.13 Å². The molecule has 1 aromatic carbocycles. The number of thiazole rings is 1. The molecule has 0 aliphatic carbocycles. The third-order valence-electron chi connectivity index (χ3n) is 3.27. The predicted molar refractivity (Wildman–Crippen MR) is 88.9 cm³/mol. The fourth-order valence-corrected chi connectivity index (χ4v) is 3.09. The number of hydrogen-bond acceptors (Lipinski definition) is 5. The number of H-pyrrole nitrogens is 1. The molecule has 3 aromatic rings. The Kier molecular flexibility index (Phi) is 4.07. The summed E-state index contributed by atoms with van der Waals surface area (Å²) in [7, 11) is 0. The van der Waals surface area contributed by atoms with Crippen molar-refractivity contribution >= 4 is 32.6 Å². The Hall–Kier alpha value is -2.74. The van der Waals surface area contributed by atoms with Crippen molar-refractivity contribution in [2.75, 3.05) is 5.32 Å². The van der Waals surface area contributed by atoms with Crippen LogP contribution < -0.4 is 16.6 Å². The highest BCUT2D eigenvalue weighted by Gasteiger charge is 2.08. The number of aryl methyl sites for hydroxylation is 2. The highest BCUT2D eigenvalue weighted by Crippen LogP contribution is 2.26. The molecule has 23 heavy (non-hydrogen) atoms. The molecule has 2 aromatic heterocycles. The predicted octanol–water partition coefficient (Wildman–Crippen LogP) is 1.48. The summed E-state index contributed by atoms with van der Waals surface area (Å²) in [6, 6.07) is 7.14. The van der Waals surface area contributed by atoms with Crippen LogP contribution in [0.3, 0.4) is 0 Å². The molecule has 3 rings (SSSR count). The SMILES string of the molecule is Cc1ccc2nc(NC(=O)CCn3ccc(=O)[nH]c3=O)sc2c1. The highest BCUT2D eigenvalue weighted by atomic mass is 32.1. The Balaban J connectivity index is 1.66. The van der Waals surface area contributed by atoms with Crippen LogP contribution in [0, 0.1) is 6.92 Å². The topological polar surface area (TPSA) is 96.8 Å². The number of benzene rings is 1. The lowest BCUT2D eigenvalue weighted by Gasteiger charge is -2.04. The van der Waals surface area contributed by atoms with Gasteiger partial charge in [-0.1, -0.05) is 17.4 Å². The van der Waals surface area contributed by atoms with Crippen LogP contribution >= 0.6 is 11.3 Å². The van der Waals surface area contributed by atoms with Gasteiger partial charge in [-0.05, 0) is 24.6 Å². The lowest BCUT2D eigenvalue weighted by molar-refractivity contribution is -0.116. The number of carbonyl (C=O) groups excluding carboxylic acids is 1. The summed E-state index contributed by atoms with van der Waals surface area (Å²) in [5, 5.41) is 3.26. The molecular weight excluding hydrogens is 316 g/mol. The van der Waals surface area contributed by atoms with Crippen molar-refractivity contribution in [2.45, 2.75) is 19.9 Å². The average molecular weight is 330 g/mol. The molecule has 118 valence electrons. The van der Waals surface area contributed by atoms with Crippen molar-refractivity contribution in [3.8, 4) is 0 Å². The third kappa shape index (κ3) is 3.54. The zero-order valence-electron chi connectivity index (χ0n) is 12.3. The molecule has 0 saturated carbocycles. The van der Waals surface area contributed by atoms with Gasteiger partial charge in [-0.2, -0.15) is 0 Å². The Labute approximate surface area is 134 Å². The number of carbonyl (C=O) groups is 1. The van der Waals surface area contributed by atoms with E-state index >= 15 is 0 Å². The van der Waals surface area contributed by atoms with Crippen LogP contribution in [0.1, 0.15) is 12.0 Å². The molecule has 0 aliphatic rings. The molecular formula is C15H14N4O3S. The van der Waals surface area contributed by atoms with Crippen LogP contribution in [0.5, 0.6) is 0 Å². The molecule has 8 heteroatoms. The van der Waals surface area contributed by atoms with Gasteiger partial charge in [-0.25, -0.2) is 9.78 Å². The molecule has 2 heterocycles. The van der Waals surface area contributed by atoms with Gasteiger partial charge in [0.1, 0.15) is 0 Å². The van der Waals surface area contributed by atoms with Gasteiger partial charge in [0.05, 0.1) is 10.2 Å². The van der Waals surface area contributed by atoms with Gasteiger partial charge in [0.2, 0.25) is 5.91 Å². The van der Waals surface area contributed by atoms with Crippen molar-refractivity contribution < 1.29 is 4.79 Å². The van der Waals surface area contributed by atoms with E-state index in [1.54, 1.807) is 0 Å². The van der Waals surface area contributed by atoms with Crippen LogP contribution in [-0.2, 0) is 11.3 Å². The lowest BCUT2D eigenvalue weighted by Crippen LogP contribution is -2.29. The summed E-state index contributed by atoms with van der Waals surface area (Å²) in [6.07, 6.45) is 1.48. The van der Waals surface area contributed by atoms with Crippen molar-refractivity contribution in [3.05, 3.63) is 56.9 Å². The number of anilines is 1. The molecule has 2 N–H and O–H groups in total. The molecule has 0 atom stereocenters. The number of hydrogen-bond donors (Lipinski definition) is 2. The first-order chi connectivity index (χ1) is 11.0. The van der Waals surface area contributed by atoms with E-state index in [-0.39, 0.29) is 18.9 Å². The minimum absolute atomic E-state index is 0.112. The van der Waals surface area contributed by atoms with Crippen LogP contribution in [0.4, 0.5) is 5.13 Å². The lowest BCUT2D eigenvalue weighted by atomic mass is 10.2. The summed E-state index contributed by atoms with van der Waals surface area (Å²) in [4.78, 5) is 41.0. The van der Waals surface area contributed by atoms with Crippen molar-refractivity contribution in [3.63, 3.8) is 0 Å². The van der Waals surface area contributed by atoms with Crippen molar-refractivity contribution in [2.24, 2.45) is 0 Å². The standard InChI is InChI=1S/C15H14N4O3S/c1-9-2-3-10-11(8-9)23-14(16-10)17-12(20)4-6-19-7-5-13(21)18-15(19)22/h2-3,5,7-8H,4,6H2,1H3,(H,16,17,20)(H,18,21,22). The molecule has 0 bridgehead atoms. The third-order valence-corrected chi connectivity index (χ3v) is 4.20. The van der Waals surface area contributed by atoms with E-state index in [1.807, 2.05) is 25.1 Å². The summed E-state index contributed by atoms with van der Waals surface area (Å²) < 4.78 is 2.29. The average Bonchev–Trinajstić information content (AvgIpc) is 2.87. The number of fused-ring (bicyclic) bond motifs is 1. The van der Waals surface area contributed by atoms with Gasteiger partial charge in [0.25, 0.3) is 5.56 Å². The number of rotatable bonds is 4. The second kappa shape index (κ2) is 6.17. The van der Waals surface area contributed by atoms with Crippen LogP contribution in [0.25, 0.3) is 10.2 Å². The quantitative estimate of drug-likeness (QED) is 0.757. The molecule has 0 radical (unpaired) electrons. The molecule has 0 fully saturated rings. The number of aromatic amines is 1. The van der Waals surface area contributed by atoms with E-state index in [0.29, 0.717) is 5.13 Å². The Bertz CT molecular complexity index is 986. The Morgan fingerprint density at radius 2 is 2.17 bits per heavy atom. The zero-order chi connectivity index (χ0) is 16.4. The zero-order valence-corrected chi connectivity index (χ0v) is 13.1. The Morgan fingerprint density at radius 1 is 1.35 bits per heavy atom. The monoisotopic (exact) mass is 330 g/mol. The summed E-state index contributed by atoms with van der Waals surface area (Å²) >= 11 is 1.41. The van der Waals surface area contributed by atoms with Gasteiger partial charge in [-0.3, -0.25) is 14.6 Å². The van der Waals surface area contributed by atoms with E-state index < -0.39 is 11.2 Å². The van der Waals surface area contributed by atoms with Gasteiger partial charge in [0, 0.05) is 25.2 Å². The largest absolute Gasteiger partial charge is 0.328 e. The molecule has 7 nitrogen and oxygen atoms in total. The highest BCUT2D eigenvalue weighted by molar-refractivity contribution is 7.22. The van der Waals surface area contributed by atoms with Gasteiger partial charge in [-0.15, -0.1) is 0 Å². The molecule has 0 saturated heterocycles. The smallest absolute Gasteiger partial charge is 0.302 e. The minimum atomic E-state index is -0.527. The van der Waals surface area contributed by atoms with E-state index in [0.717, 1.165) is 15.8 Å². The van der Waals surface area contributed by atoms with E-state index in [1.165, 1.54) is 28.2 Å². The van der Waals surface area contributed by atoms with Crippen LogP contribution in [0.15, 0.2) is 40.1 Å². The maximum absolute atomic E-state index is 12.0. The fourth-order valence-electron chi connectivity index (χ4n) is 2.11. The van der Waals surface area contributed by atoms with E-state index in [2.05, 4.69) is 15.3 Å². The number of nitrogens with zero attached hydrogens (tertiary/aromatic N) is 2. The number of aromatic nitrogens is 3. The maximum Gasteiger partial charge on any atom is 0.328 e. The van der Waals surface area contributed by atoms with E-state index in [9.17, 15) is 14.4 Å². The van der Waals surface area contributed by atoms with Crippen LogP contribution in [-0.4, -0.2) is 20.4 Å². The minimum Gasteiger partial charge on any atom is -0.302 e. The number of nitrogens with one attached hydrogen (secondary N) is 2. The molecule has 0 spiro atoms. The van der Waals surface area contributed by atoms with Crippen molar-refractivity contribution in [1.29, 1.82) is 0 Å². The fraction of sp³-hybridized carbons (Fsp3) is 0.200. The first-order valence-electron chi connectivity index (χ1n) is 6.98. The van der Waals surface area contributed by atoms with E-state index in [4.69, 9.17) is 0 Å². The summed E-state index contributed by atoms with van der Waals surface area (Å²) in [5.74, 6) is -0.237.